The van der Waals surface area contributed by atoms with E-state index in [1.807, 2.05) is 0 Å². The van der Waals surface area contributed by atoms with Gasteiger partial charge in [-0.05, 0) is 186 Å². The maximum Gasteiger partial charge on any atom is 0.407 e. The number of aliphatic hydroxyl groups is 2. The van der Waals surface area contributed by atoms with Crippen LogP contribution in [0.15, 0.2) is 60.7 Å². The van der Waals surface area contributed by atoms with Gasteiger partial charge in [0.1, 0.15) is 94.3 Å². The lowest BCUT2D eigenvalue weighted by molar-refractivity contribution is -0.158. The van der Waals surface area contributed by atoms with Crippen molar-refractivity contribution in [2.45, 2.75) is 296 Å². The fraction of sp³-hybridized carbons (Fsp3) is 0.655. The van der Waals surface area contributed by atoms with Crippen molar-refractivity contribution < 1.29 is 120 Å². The number of amides is 16. The van der Waals surface area contributed by atoms with Crippen LogP contribution in [0, 0.1) is 11.8 Å². The molecule has 2 aromatic rings. The first-order chi connectivity index (χ1) is 58.1. The minimum atomic E-state index is -2.06. The summed E-state index contributed by atoms with van der Waals surface area (Å²) in [6.45, 7) is 26.5. The maximum absolute atomic E-state index is 15.5. The molecule has 14 atom stereocenters. The summed E-state index contributed by atoms with van der Waals surface area (Å²) in [6, 6.07) is -1.08. The van der Waals surface area contributed by atoms with E-state index in [0.717, 1.165) is 19.4 Å². The zero-order valence-electron chi connectivity index (χ0n) is 75.0. The molecule has 0 radical (unpaired) electrons. The Kier molecular flexibility index (Phi) is 41.6. The van der Waals surface area contributed by atoms with E-state index < -0.39 is 285 Å². The first-order valence-corrected chi connectivity index (χ1v) is 41.8. The predicted octanol–water partition coefficient (Wildman–Crippen LogP) is 1.33. The number of cyclic esters (lactones) is 1. The van der Waals surface area contributed by atoms with Crippen LogP contribution < -0.4 is 85.1 Å². The second-order valence-corrected chi connectivity index (χ2v) is 36.0. The molecule has 698 valence electrons. The molecule has 0 bridgehead atoms. The SMILES string of the molecule is CC(C)C[C@@H]1NC(=O)[C@@H](Cc2ccccc2)NC(=O)[C@H](CCNC(=O)OC(C)(C)C)NC(=O)[C@@H](NC(=O)[C@H](CCNC(=O)OC(C)(C)C)NC(=O)[C@@H](NC(=O)[C@H](CCNC(=O)OC(C)(C)C)NC(=O)C2CC(c3ccccc3)COC2=O)C(C)O)CCNC(=O)[C@H]([C@H](C)O)NC(=O)[C@H](CCNC(=O)OC(C)(C)C)NC(=O)[C@H](CCNC(=O)OC(C)(C)C)NC1=O. The fourth-order valence-electron chi connectivity index (χ4n) is 12.4. The standard InChI is InChI=1S/C84H132N16O25/c1-46(2)42-59-70(110)95-54(31-37-86-75(115)121-80(5,6)7)65(105)94-58(35-41-90-79(119)125-84(17,18)19)69(109)99-61(47(3)101)72(112)85-36-30-53(64(104)93-55(32-38-87-76(116)122-81(8,9)10)67(107)98-60(71(111)97-59)43-49-26-22-20-23-27-49)92-66(106)56(33-39-88-77(117)123-82(11,12)13)96-73(113)62(48(4)102)100-68(108)57(34-40-89-78(118)124-83(14,15)16)91-63(103)52-44-51(45-120-74(52)114)50-28-24-21-25-29-50/h20-29,46-48,51-62,101-102H,30-45H2,1-19H3,(H,85,112)(H,86,115)(H,87,116)(H,88,117)(H,89,118)(H,90,119)(H,91,103)(H,92,106)(H,93,104)(H,94,105)(H,95,110)(H,96,113)(H,97,111)(H,98,107)(H,99,109)(H,100,108)/t47-,48?,51?,52?,53-,54-,55-,56-,57-,58-,59-,60+,61-,62-/m0/s1. The number of hydrogen-bond donors (Lipinski definition) is 18. The molecule has 2 aliphatic heterocycles. The summed E-state index contributed by atoms with van der Waals surface area (Å²) >= 11 is 0. The Bertz CT molecular complexity index is 4000. The largest absolute Gasteiger partial charge is 0.464 e. The van der Waals surface area contributed by atoms with Crippen molar-refractivity contribution in [1.82, 2.24) is 85.1 Å². The highest BCUT2D eigenvalue weighted by molar-refractivity contribution is 6.02. The Morgan fingerprint density at radius 2 is 0.832 bits per heavy atom. The lowest BCUT2D eigenvalue weighted by Crippen LogP contribution is -2.62. The van der Waals surface area contributed by atoms with Gasteiger partial charge in [0, 0.05) is 51.6 Å². The molecule has 0 spiro atoms. The predicted molar refractivity (Wildman–Crippen MR) is 452 cm³/mol. The Morgan fingerprint density at radius 1 is 0.448 bits per heavy atom. The zero-order valence-corrected chi connectivity index (χ0v) is 75.0. The van der Waals surface area contributed by atoms with Crippen LogP contribution in [0.5, 0.6) is 0 Å². The van der Waals surface area contributed by atoms with Crippen molar-refractivity contribution in [3.63, 3.8) is 0 Å². The number of carbonyl (C=O) groups excluding carboxylic acids is 17. The maximum atomic E-state index is 15.5. The number of alkyl carbamates (subject to hydrolysis) is 5. The van der Waals surface area contributed by atoms with Gasteiger partial charge in [-0.25, -0.2) is 24.0 Å². The van der Waals surface area contributed by atoms with Gasteiger partial charge in [-0.2, -0.15) is 0 Å². The van der Waals surface area contributed by atoms with Crippen molar-refractivity contribution >= 4 is 101 Å². The van der Waals surface area contributed by atoms with Crippen LogP contribution in [0.3, 0.4) is 0 Å². The van der Waals surface area contributed by atoms with Crippen molar-refractivity contribution in [3.8, 4) is 0 Å². The normalized spacial score (nSPS) is 21.2. The molecule has 18 N–H and O–H groups in total. The number of hydrogen-bond acceptors (Lipinski definition) is 25. The number of rotatable bonds is 30. The van der Waals surface area contributed by atoms with Crippen LogP contribution in [-0.2, 0) is 92.4 Å². The average Bonchev–Trinajstić information content (AvgIpc) is 0.921. The highest BCUT2D eigenvalue weighted by atomic mass is 16.6. The second kappa shape index (κ2) is 49.2. The van der Waals surface area contributed by atoms with Gasteiger partial charge >= 0.3 is 36.4 Å². The van der Waals surface area contributed by atoms with Gasteiger partial charge in [0.05, 0.1) is 18.8 Å². The van der Waals surface area contributed by atoms with E-state index in [-0.39, 0.29) is 39.0 Å². The van der Waals surface area contributed by atoms with Gasteiger partial charge < -0.3 is 124 Å². The third-order valence-electron chi connectivity index (χ3n) is 18.2. The number of carbonyl (C=O) groups is 17. The topological polar surface area (TPSA) is 579 Å². The third-order valence-corrected chi connectivity index (χ3v) is 18.2. The monoisotopic (exact) mass is 1760 g/mol. The minimum absolute atomic E-state index is 0.0572. The molecule has 3 unspecified atom stereocenters. The van der Waals surface area contributed by atoms with Crippen LogP contribution in [0.1, 0.15) is 200 Å². The van der Waals surface area contributed by atoms with Gasteiger partial charge in [0.25, 0.3) is 0 Å². The number of nitrogens with one attached hydrogen (secondary N) is 16. The molecule has 0 saturated carbocycles. The van der Waals surface area contributed by atoms with E-state index in [1.54, 1.807) is 178 Å². The van der Waals surface area contributed by atoms with E-state index >= 15 is 19.2 Å². The fourth-order valence-corrected chi connectivity index (χ4v) is 12.4. The van der Waals surface area contributed by atoms with Gasteiger partial charge in [-0.1, -0.05) is 74.5 Å². The molecular formula is C84H132N16O25. The molecule has 0 aromatic heterocycles. The van der Waals surface area contributed by atoms with Crippen LogP contribution >= 0.6 is 0 Å². The lowest BCUT2D eigenvalue weighted by Gasteiger charge is -2.30. The van der Waals surface area contributed by atoms with Gasteiger partial charge in [-0.15, -0.1) is 0 Å². The Hall–Kier alpha value is -11.6. The van der Waals surface area contributed by atoms with Crippen LogP contribution in [0.4, 0.5) is 24.0 Å². The molecule has 4 rings (SSSR count). The van der Waals surface area contributed by atoms with E-state index in [0.29, 0.717) is 5.56 Å². The van der Waals surface area contributed by atoms with E-state index in [2.05, 4.69) is 85.1 Å². The number of benzene rings is 2. The molecule has 2 heterocycles. The van der Waals surface area contributed by atoms with Crippen molar-refractivity contribution in [2.24, 2.45) is 11.8 Å². The number of esters is 1. The Labute approximate surface area is 729 Å². The molecule has 2 saturated heterocycles. The molecule has 41 nitrogen and oxygen atoms in total. The molecule has 16 amide bonds. The molecule has 2 aliphatic rings. The van der Waals surface area contributed by atoms with Gasteiger partial charge in [0.15, 0.2) is 0 Å². The van der Waals surface area contributed by atoms with E-state index in [4.69, 9.17) is 28.4 Å². The molecule has 125 heavy (non-hydrogen) atoms. The second-order valence-electron chi connectivity index (χ2n) is 36.0. The van der Waals surface area contributed by atoms with Crippen molar-refractivity contribution in [3.05, 3.63) is 71.8 Å². The van der Waals surface area contributed by atoms with Crippen LogP contribution in [-0.4, -0.2) is 258 Å². The summed E-state index contributed by atoms with van der Waals surface area (Å²) in [5.41, 5.74) is -3.89. The van der Waals surface area contributed by atoms with Crippen molar-refractivity contribution in [1.29, 1.82) is 0 Å². The third kappa shape index (κ3) is 41.1. The van der Waals surface area contributed by atoms with Crippen LogP contribution in [0.25, 0.3) is 0 Å². The first kappa shape index (κ1) is 106. The summed E-state index contributed by atoms with van der Waals surface area (Å²) in [7, 11) is 0. The van der Waals surface area contributed by atoms with E-state index in [1.165, 1.54) is 0 Å². The van der Waals surface area contributed by atoms with Crippen LogP contribution in [0.2, 0.25) is 0 Å². The average molecular weight is 1770 g/mol. The molecule has 41 heteroatoms. The Balaban J connectivity index is 1.95. The minimum Gasteiger partial charge on any atom is -0.464 e. The molecule has 2 fully saturated rings. The van der Waals surface area contributed by atoms with E-state index in [9.17, 15) is 72.5 Å². The molecule has 0 aliphatic carbocycles. The summed E-state index contributed by atoms with van der Waals surface area (Å²) in [5, 5.41) is 63.0. The number of ether oxygens (including phenoxy) is 6. The summed E-state index contributed by atoms with van der Waals surface area (Å²) in [4.78, 5) is 243. The quantitative estimate of drug-likeness (QED) is 0.0298. The molecular weight excluding hydrogens is 1630 g/mol. The Morgan fingerprint density at radius 3 is 1.26 bits per heavy atom. The number of aliphatic hydroxyl groups excluding tert-OH is 2. The summed E-state index contributed by atoms with van der Waals surface area (Å²) in [6.07, 6.45) is -12.1. The first-order valence-electron chi connectivity index (χ1n) is 41.8. The lowest BCUT2D eigenvalue weighted by atomic mass is 9.86. The highest BCUT2D eigenvalue weighted by Crippen LogP contribution is 2.30. The zero-order chi connectivity index (χ0) is 94.1. The summed E-state index contributed by atoms with van der Waals surface area (Å²) in [5.74, 6) is -15.8. The molecule has 2 aromatic carbocycles. The highest BCUT2D eigenvalue weighted by Gasteiger charge is 2.42. The smallest absolute Gasteiger partial charge is 0.407 e. The summed E-state index contributed by atoms with van der Waals surface area (Å²) < 4.78 is 32.4. The van der Waals surface area contributed by atoms with Gasteiger partial charge in [-0.3, -0.25) is 57.5 Å². The van der Waals surface area contributed by atoms with Crippen molar-refractivity contribution in [2.75, 3.05) is 45.9 Å². The van der Waals surface area contributed by atoms with Gasteiger partial charge in [0.2, 0.25) is 65.0 Å².